The van der Waals surface area contributed by atoms with Gasteiger partial charge in [0.05, 0.1) is 11.0 Å². The second-order valence-corrected chi connectivity index (χ2v) is 5.89. The van der Waals surface area contributed by atoms with Crippen molar-refractivity contribution in [2.75, 3.05) is 6.61 Å². The number of hydrogen-bond donors (Lipinski definition) is 0. The van der Waals surface area contributed by atoms with E-state index in [2.05, 4.69) is 0 Å². The van der Waals surface area contributed by atoms with E-state index in [1.165, 1.54) is 24.3 Å². The Kier molecular flexibility index (Phi) is 4.92. The minimum atomic E-state index is -0.524. The molecule has 0 N–H and O–H groups in total. The minimum Gasteiger partial charge on any atom is -0.484 e. The fourth-order valence-electron chi connectivity index (χ4n) is 2.53. The summed E-state index contributed by atoms with van der Waals surface area (Å²) in [6, 6.07) is 12.1. The molecular formula is C18H17FN2O4. The molecule has 25 heavy (non-hydrogen) atoms. The van der Waals surface area contributed by atoms with Crippen molar-refractivity contribution in [2.24, 2.45) is 0 Å². The van der Waals surface area contributed by atoms with Crippen LogP contribution in [0.5, 0.6) is 5.75 Å². The maximum Gasteiger partial charge on any atom is 0.273 e. The third-order valence-electron chi connectivity index (χ3n) is 4.00. The van der Waals surface area contributed by atoms with Crippen LogP contribution in [0.2, 0.25) is 0 Å². The average Bonchev–Trinajstić information content (AvgIpc) is 3.44. The second kappa shape index (κ2) is 7.29. The molecule has 0 spiro atoms. The van der Waals surface area contributed by atoms with E-state index < -0.39 is 4.92 Å². The highest BCUT2D eigenvalue weighted by Gasteiger charge is 2.33. The van der Waals surface area contributed by atoms with E-state index in [1.807, 2.05) is 0 Å². The quantitative estimate of drug-likeness (QED) is 0.571. The van der Waals surface area contributed by atoms with Gasteiger partial charge in [0.1, 0.15) is 11.6 Å². The van der Waals surface area contributed by atoms with Crippen LogP contribution in [0, 0.1) is 15.9 Å². The van der Waals surface area contributed by atoms with Crippen LogP contribution < -0.4 is 4.74 Å². The van der Waals surface area contributed by atoms with E-state index in [9.17, 15) is 19.3 Å². The Bertz CT molecular complexity index is 792. The van der Waals surface area contributed by atoms with Gasteiger partial charge >= 0.3 is 0 Å². The van der Waals surface area contributed by atoms with Gasteiger partial charge in [0.25, 0.3) is 11.6 Å². The fourth-order valence-corrected chi connectivity index (χ4v) is 2.53. The predicted molar refractivity (Wildman–Crippen MR) is 88.6 cm³/mol. The van der Waals surface area contributed by atoms with E-state index in [1.54, 1.807) is 29.2 Å². The zero-order valence-electron chi connectivity index (χ0n) is 13.4. The first kappa shape index (κ1) is 16.9. The summed E-state index contributed by atoms with van der Waals surface area (Å²) in [5.41, 5.74) is 0.355. The van der Waals surface area contributed by atoms with Crippen molar-refractivity contribution in [1.29, 1.82) is 0 Å². The molecule has 2 aromatic rings. The molecule has 3 rings (SSSR count). The Hall–Kier alpha value is -2.96. The number of nitro benzene ring substituents is 1. The van der Waals surface area contributed by atoms with Gasteiger partial charge in [0.2, 0.25) is 0 Å². The van der Waals surface area contributed by atoms with Gasteiger partial charge in [-0.05, 0) is 25.0 Å². The number of nitrogens with zero attached hydrogens (tertiary/aromatic N) is 2. The van der Waals surface area contributed by atoms with E-state index in [0.717, 1.165) is 12.8 Å². The van der Waals surface area contributed by atoms with Crippen LogP contribution in [0.1, 0.15) is 18.4 Å². The number of carbonyl (C=O) groups excluding carboxylic acids is 1. The molecule has 0 atom stereocenters. The van der Waals surface area contributed by atoms with E-state index in [0.29, 0.717) is 5.56 Å². The molecule has 2 aromatic carbocycles. The lowest BCUT2D eigenvalue weighted by atomic mass is 10.2. The normalized spacial score (nSPS) is 13.3. The first-order valence-corrected chi connectivity index (χ1v) is 7.95. The van der Waals surface area contributed by atoms with Gasteiger partial charge in [-0.25, -0.2) is 4.39 Å². The number of benzene rings is 2. The van der Waals surface area contributed by atoms with Gasteiger partial charge in [0, 0.05) is 24.2 Å². The lowest BCUT2D eigenvalue weighted by Crippen LogP contribution is -2.36. The molecule has 0 radical (unpaired) electrons. The van der Waals surface area contributed by atoms with Crippen LogP contribution >= 0.6 is 0 Å². The Morgan fingerprint density at radius 2 is 2.00 bits per heavy atom. The number of ether oxygens (including phenoxy) is 1. The number of halogens is 1. The van der Waals surface area contributed by atoms with E-state index >= 15 is 0 Å². The van der Waals surface area contributed by atoms with Crippen molar-refractivity contribution in [3.63, 3.8) is 0 Å². The molecule has 1 aliphatic carbocycles. The van der Waals surface area contributed by atoms with Crippen molar-refractivity contribution in [2.45, 2.75) is 25.4 Å². The summed E-state index contributed by atoms with van der Waals surface area (Å²) in [4.78, 5) is 24.3. The van der Waals surface area contributed by atoms with Gasteiger partial charge < -0.3 is 9.64 Å². The Morgan fingerprint density at radius 1 is 1.24 bits per heavy atom. The first-order valence-electron chi connectivity index (χ1n) is 7.95. The monoisotopic (exact) mass is 344 g/mol. The zero-order chi connectivity index (χ0) is 17.8. The van der Waals surface area contributed by atoms with Crippen LogP contribution in [0.25, 0.3) is 0 Å². The number of amides is 1. The van der Waals surface area contributed by atoms with Crippen molar-refractivity contribution in [3.05, 3.63) is 70.0 Å². The predicted octanol–water partition coefficient (Wildman–Crippen LogP) is 3.30. The molecule has 0 bridgehead atoms. The van der Waals surface area contributed by atoms with Crippen molar-refractivity contribution >= 4 is 11.6 Å². The molecule has 6 nitrogen and oxygen atoms in total. The van der Waals surface area contributed by atoms with Crippen LogP contribution in [-0.2, 0) is 11.3 Å². The lowest BCUT2D eigenvalue weighted by Gasteiger charge is -2.23. The third kappa shape index (κ3) is 4.32. The molecule has 7 heteroatoms. The number of nitro groups is 1. The van der Waals surface area contributed by atoms with Crippen molar-refractivity contribution in [3.8, 4) is 5.75 Å². The molecule has 0 unspecified atom stereocenters. The molecule has 1 saturated carbocycles. The van der Waals surface area contributed by atoms with Crippen LogP contribution in [0.4, 0.5) is 10.1 Å². The molecule has 1 aliphatic rings. The van der Waals surface area contributed by atoms with Crippen LogP contribution in [-0.4, -0.2) is 28.4 Å². The summed E-state index contributed by atoms with van der Waals surface area (Å²) in [7, 11) is 0. The molecule has 0 heterocycles. The zero-order valence-corrected chi connectivity index (χ0v) is 13.4. The summed E-state index contributed by atoms with van der Waals surface area (Å²) in [5.74, 6) is -0.359. The SMILES string of the molecule is O=C(COc1cccc([N+](=O)[O-])c1)N(Cc1ccccc1F)C1CC1. The van der Waals surface area contributed by atoms with Gasteiger partial charge in [-0.15, -0.1) is 0 Å². The number of hydrogen-bond acceptors (Lipinski definition) is 4. The molecule has 1 fully saturated rings. The molecular weight excluding hydrogens is 327 g/mol. The molecule has 0 aromatic heterocycles. The highest BCUT2D eigenvalue weighted by Crippen LogP contribution is 2.29. The molecule has 0 aliphatic heterocycles. The van der Waals surface area contributed by atoms with Crippen molar-refractivity contribution in [1.82, 2.24) is 4.90 Å². The highest BCUT2D eigenvalue weighted by atomic mass is 19.1. The number of non-ortho nitro benzene ring substituents is 1. The second-order valence-electron chi connectivity index (χ2n) is 5.89. The van der Waals surface area contributed by atoms with Crippen LogP contribution in [0.3, 0.4) is 0 Å². The first-order chi connectivity index (χ1) is 12.0. The highest BCUT2D eigenvalue weighted by molar-refractivity contribution is 5.78. The third-order valence-corrected chi connectivity index (χ3v) is 4.00. The molecule has 1 amide bonds. The largest absolute Gasteiger partial charge is 0.484 e. The standard InChI is InChI=1S/C18H17FN2O4/c19-17-7-2-1-4-13(17)11-20(14-8-9-14)18(22)12-25-16-6-3-5-15(10-16)21(23)24/h1-7,10,14H,8-9,11-12H2. The van der Waals surface area contributed by atoms with E-state index in [4.69, 9.17) is 4.74 Å². The summed E-state index contributed by atoms with van der Waals surface area (Å²) in [6.07, 6.45) is 1.77. The Morgan fingerprint density at radius 3 is 2.68 bits per heavy atom. The summed E-state index contributed by atoms with van der Waals surface area (Å²) >= 11 is 0. The van der Waals surface area contributed by atoms with E-state index in [-0.39, 0.29) is 42.4 Å². The number of carbonyl (C=O) groups is 1. The topological polar surface area (TPSA) is 72.7 Å². The Labute approximate surface area is 144 Å². The van der Waals surface area contributed by atoms with Crippen LogP contribution in [0.15, 0.2) is 48.5 Å². The summed E-state index contributed by atoms with van der Waals surface area (Å²) in [5, 5.41) is 10.8. The van der Waals surface area contributed by atoms with Gasteiger partial charge in [0.15, 0.2) is 6.61 Å². The minimum absolute atomic E-state index is 0.0980. The summed E-state index contributed by atoms with van der Waals surface area (Å²) in [6.45, 7) is -0.0550. The number of rotatable bonds is 7. The van der Waals surface area contributed by atoms with Crippen molar-refractivity contribution < 1.29 is 18.8 Å². The smallest absolute Gasteiger partial charge is 0.273 e. The summed E-state index contributed by atoms with van der Waals surface area (Å²) < 4.78 is 19.2. The molecule has 0 saturated heterocycles. The maximum atomic E-state index is 13.8. The molecule has 130 valence electrons. The average molecular weight is 344 g/mol. The van der Waals surface area contributed by atoms with Gasteiger partial charge in [-0.1, -0.05) is 24.3 Å². The fraction of sp³-hybridized carbons (Fsp3) is 0.278. The Balaban J connectivity index is 1.65. The maximum absolute atomic E-state index is 13.8. The van der Waals surface area contributed by atoms with Gasteiger partial charge in [-0.2, -0.15) is 0 Å². The van der Waals surface area contributed by atoms with Gasteiger partial charge in [-0.3, -0.25) is 14.9 Å². The lowest BCUT2D eigenvalue weighted by molar-refractivity contribution is -0.384.